The first kappa shape index (κ1) is 17.8. The van der Waals surface area contributed by atoms with Crippen molar-refractivity contribution in [3.8, 4) is 0 Å². The first-order chi connectivity index (χ1) is 9.40. The van der Waals surface area contributed by atoms with Crippen molar-refractivity contribution in [1.29, 1.82) is 0 Å². The minimum atomic E-state index is -3.61. The number of unbranched alkanes of at least 4 members (excludes halogenated alkanes) is 1. The highest BCUT2D eigenvalue weighted by Gasteiger charge is 2.19. The maximum atomic E-state index is 12.2. The van der Waals surface area contributed by atoms with Gasteiger partial charge in [-0.2, -0.15) is 0 Å². The molecule has 0 aliphatic rings. The van der Waals surface area contributed by atoms with Gasteiger partial charge in [-0.15, -0.1) is 0 Å². The molecule has 0 spiro atoms. The molecule has 3 nitrogen and oxygen atoms in total. The Balaban J connectivity index is 2.76. The van der Waals surface area contributed by atoms with Crippen molar-refractivity contribution >= 4 is 33.2 Å². The van der Waals surface area contributed by atoms with E-state index in [2.05, 4.69) is 18.6 Å². The number of hydrogen-bond donors (Lipinski definition) is 1. The van der Waals surface area contributed by atoms with Gasteiger partial charge in [-0.1, -0.05) is 56.3 Å². The summed E-state index contributed by atoms with van der Waals surface area (Å²) in [7, 11) is -3.61. The molecule has 1 rings (SSSR count). The van der Waals surface area contributed by atoms with Crippen molar-refractivity contribution in [3.63, 3.8) is 0 Å². The molecule has 0 fully saturated rings. The van der Waals surface area contributed by atoms with Crippen LogP contribution in [-0.2, 0) is 10.0 Å². The van der Waals surface area contributed by atoms with Crippen molar-refractivity contribution in [3.05, 3.63) is 28.2 Å². The summed E-state index contributed by atoms with van der Waals surface area (Å²) in [5.41, 5.74) is 0. The van der Waals surface area contributed by atoms with Crippen molar-refractivity contribution in [1.82, 2.24) is 4.72 Å². The molecule has 0 radical (unpaired) electrons. The summed E-state index contributed by atoms with van der Waals surface area (Å²) >= 11 is 11.8. The van der Waals surface area contributed by atoms with Gasteiger partial charge in [0, 0.05) is 11.6 Å². The highest BCUT2D eigenvalue weighted by atomic mass is 35.5. The van der Waals surface area contributed by atoms with Crippen LogP contribution in [0.3, 0.4) is 0 Å². The number of benzene rings is 1. The van der Waals surface area contributed by atoms with E-state index in [1.165, 1.54) is 12.1 Å². The molecule has 1 aromatic carbocycles. The molecule has 1 aromatic rings. The molecule has 0 aromatic heterocycles. The third-order valence-electron chi connectivity index (χ3n) is 3.29. The summed E-state index contributed by atoms with van der Waals surface area (Å²) in [6.45, 7) is 4.63. The Hall–Kier alpha value is -0.290. The standard InChI is InChI=1S/C14H21Cl2NO2S/c1-3-5-6-11(4-2)10-17-20(18,19)14-9-12(15)7-8-13(14)16/h7-9,11,17H,3-6,10H2,1-2H3. The number of rotatable bonds is 8. The Kier molecular flexibility index (Phi) is 7.30. The second-order valence-electron chi connectivity index (χ2n) is 4.84. The van der Waals surface area contributed by atoms with E-state index in [9.17, 15) is 8.42 Å². The zero-order valence-corrected chi connectivity index (χ0v) is 14.2. The fourth-order valence-electron chi connectivity index (χ4n) is 1.93. The van der Waals surface area contributed by atoms with Gasteiger partial charge in [-0.05, 0) is 30.5 Å². The number of halogens is 2. The van der Waals surface area contributed by atoms with Crippen LogP contribution in [0, 0.1) is 5.92 Å². The third-order valence-corrected chi connectivity index (χ3v) is 5.43. The van der Waals surface area contributed by atoms with Gasteiger partial charge in [0.15, 0.2) is 0 Å². The monoisotopic (exact) mass is 337 g/mol. The van der Waals surface area contributed by atoms with E-state index in [0.717, 1.165) is 25.7 Å². The van der Waals surface area contributed by atoms with E-state index in [4.69, 9.17) is 23.2 Å². The molecule has 0 saturated heterocycles. The highest BCUT2D eigenvalue weighted by molar-refractivity contribution is 7.89. The third kappa shape index (κ3) is 5.24. The van der Waals surface area contributed by atoms with Crippen LogP contribution in [0.15, 0.2) is 23.1 Å². The summed E-state index contributed by atoms with van der Waals surface area (Å²) in [4.78, 5) is 0.0389. The van der Waals surface area contributed by atoms with E-state index in [0.29, 0.717) is 17.5 Å². The van der Waals surface area contributed by atoms with Crippen LogP contribution in [0.4, 0.5) is 0 Å². The normalized spacial score (nSPS) is 13.4. The molecule has 20 heavy (non-hydrogen) atoms. The average Bonchev–Trinajstić information content (AvgIpc) is 2.41. The first-order valence-electron chi connectivity index (χ1n) is 6.85. The zero-order chi connectivity index (χ0) is 15.2. The molecule has 6 heteroatoms. The molecular weight excluding hydrogens is 317 g/mol. The molecule has 0 aliphatic carbocycles. The first-order valence-corrected chi connectivity index (χ1v) is 9.09. The molecule has 0 bridgehead atoms. The lowest BCUT2D eigenvalue weighted by Gasteiger charge is -2.16. The minimum absolute atomic E-state index is 0.0389. The Morgan fingerprint density at radius 3 is 2.55 bits per heavy atom. The van der Waals surface area contributed by atoms with Crippen molar-refractivity contribution in [2.45, 2.75) is 44.4 Å². The van der Waals surface area contributed by atoms with Crippen molar-refractivity contribution < 1.29 is 8.42 Å². The molecule has 1 N–H and O–H groups in total. The fourth-order valence-corrected chi connectivity index (χ4v) is 3.81. The predicted molar refractivity (Wildman–Crippen MR) is 85.0 cm³/mol. The second kappa shape index (κ2) is 8.23. The minimum Gasteiger partial charge on any atom is -0.211 e. The van der Waals surface area contributed by atoms with E-state index in [1.54, 1.807) is 6.07 Å². The van der Waals surface area contributed by atoms with Crippen LogP contribution in [0.1, 0.15) is 39.5 Å². The molecule has 0 aliphatic heterocycles. The fraction of sp³-hybridized carbons (Fsp3) is 0.571. The Morgan fingerprint density at radius 2 is 1.95 bits per heavy atom. The number of hydrogen-bond acceptors (Lipinski definition) is 2. The smallest absolute Gasteiger partial charge is 0.211 e. The van der Waals surface area contributed by atoms with Crippen LogP contribution in [0.2, 0.25) is 10.0 Å². The number of nitrogens with one attached hydrogen (secondary N) is 1. The van der Waals surface area contributed by atoms with Gasteiger partial charge in [0.1, 0.15) is 4.90 Å². The Morgan fingerprint density at radius 1 is 1.25 bits per heavy atom. The summed E-state index contributed by atoms with van der Waals surface area (Å²) in [5.74, 6) is 0.350. The van der Waals surface area contributed by atoms with E-state index in [-0.39, 0.29) is 9.92 Å². The molecule has 1 atom stereocenters. The second-order valence-corrected chi connectivity index (χ2v) is 7.42. The van der Waals surface area contributed by atoms with Crippen molar-refractivity contribution in [2.75, 3.05) is 6.54 Å². The Bertz CT molecular complexity index is 532. The van der Waals surface area contributed by atoms with E-state index < -0.39 is 10.0 Å². The van der Waals surface area contributed by atoms with Gasteiger partial charge in [0.05, 0.1) is 5.02 Å². The zero-order valence-electron chi connectivity index (χ0n) is 11.8. The van der Waals surface area contributed by atoms with Crippen molar-refractivity contribution in [2.24, 2.45) is 5.92 Å². The SMILES string of the molecule is CCCCC(CC)CNS(=O)(=O)c1cc(Cl)ccc1Cl. The summed E-state index contributed by atoms with van der Waals surface area (Å²) in [6.07, 6.45) is 4.20. The lowest BCUT2D eigenvalue weighted by Crippen LogP contribution is -2.29. The van der Waals surface area contributed by atoms with Crippen LogP contribution in [0.5, 0.6) is 0 Å². The van der Waals surface area contributed by atoms with Gasteiger partial charge < -0.3 is 0 Å². The topological polar surface area (TPSA) is 46.2 Å². The summed E-state index contributed by atoms with van der Waals surface area (Å²) in [5, 5.41) is 0.538. The van der Waals surface area contributed by atoms with E-state index >= 15 is 0 Å². The van der Waals surface area contributed by atoms with Gasteiger partial charge in [0.2, 0.25) is 10.0 Å². The van der Waals surface area contributed by atoms with Gasteiger partial charge >= 0.3 is 0 Å². The molecule has 114 valence electrons. The van der Waals surface area contributed by atoms with Crippen LogP contribution in [0.25, 0.3) is 0 Å². The van der Waals surface area contributed by atoms with E-state index in [1.807, 2.05) is 0 Å². The average molecular weight is 338 g/mol. The lowest BCUT2D eigenvalue weighted by molar-refractivity contribution is 0.444. The summed E-state index contributed by atoms with van der Waals surface area (Å²) in [6, 6.07) is 4.44. The van der Waals surface area contributed by atoms with Gasteiger partial charge in [-0.25, -0.2) is 13.1 Å². The van der Waals surface area contributed by atoms with Crippen LogP contribution < -0.4 is 4.72 Å². The summed E-state index contributed by atoms with van der Waals surface area (Å²) < 4.78 is 27.1. The highest BCUT2D eigenvalue weighted by Crippen LogP contribution is 2.25. The maximum absolute atomic E-state index is 12.2. The lowest BCUT2D eigenvalue weighted by atomic mass is 10.00. The number of sulfonamides is 1. The van der Waals surface area contributed by atoms with Gasteiger partial charge in [0.25, 0.3) is 0 Å². The largest absolute Gasteiger partial charge is 0.242 e. The van der Waals surface area contributed by atoms with Crippen LogP contribution in [-0.4, -0.2) is 15.0 Å². The van der Waals surface area contributed by atoms with Crippen LogP contribution >= 0.6 is 23.2 Å². The van der Waals surface area contributed by atoms with Gasteiger partial charge in [-0.3, -0.25) is 0 Å². The molecule has 1 unspecified atom stereocenters. The molecule has 0 amide bonds. The molecule has 0 heterocycles. The predicted octanol–water partition coefficient (Wildman–Crippen LogP) is 4.49. The quantitative estimate of drug-likeness (QED) is 0.759. The maximum Gasteiger partial charge on any atom is 0.242 e. The molecular formula is C14H21Cl2NO2S. The Labute approximate surface area is 131 Å². The molecule has 0 saturated carbocycles.